The second-order valence-electron chi connectivity index (χ2n) is 6.30. The summed E-state index contributed by atoms with van der Waals surface area (Å²) in [5.74, 6) is 0.171. The van der Waals surface area contributed by atoms with Gasteiger partial charge >= 0.3 is 0 Å². The van der Waals surface area contributed by atoms with E-state index in [9.17, 15) is 9.59 Å². The molecular formula is C18H24IN7O2. The van der Waals surface area contributed by atoms with Crippen molar-refractivity contribution in [3.63, 3.8) is 0 Å². The van der Waals surface area contributed by atoms with Crippen LogP contribution in [0.5, 0.6) is 0 Å². The quantitative estimate of drug-likeness (QED) is 0.365. The molecule has 0 saturated carbocycles. The van der Waals surface area contributed by atoms with E-state index in [0.29, 0.717) is 31.2 Å². The first-order chi connectivity index (χ1) is 13.0. The molecule has 2 heterocycles. The first kappa shape index (κ1) is 21.7. The number of anilines is 1. The Bertz CT molecular complexity index is 880. The average molecular weight is 497 g/mol. The predicted molar refractivity (Wildman–Crippen MR) is 118 cm³/mol. The molecular weight excluding hydrogens is 473 g/mol. The largest absolute Gasteiger partial charge is 0.366 e. The Hall–Kier alpha value is -2.63. The monoisotopic (exact) mass is 497 g/mol. The lowest BCUT2D eigenvalue weighted by molar-refractivity contribution is -0.120. The van der Waals surface area contributed by atoms with Crippen LogP contribution in [0.15, 0.2) is 41.7 Å². The van der Waals surface area contributed by atoms with Gasteiger partial charge in [0, 0.05) is 45.5 Å². The number of nitrogens with two attached hydrogens (primary N) is 1. The number of aliphatic imine (C=N–C) groups is 1. The number of carbonyl (C=O) groups excluding carboxylic acids is 2. The molecule has 1 aliphatic rings. The van der Waals surface area contributed by atoms with Crippen LogP contribution in [-0.2, 0) is 18.4 Å². The van der Waals surface area contributed by atoms with E-state index in [4.69, 9.17) is 5.73 Å². The molecule has 3 rings (SSSR count). The number of amides is 2. The smallest absolute Gasteiger partial charge is 0.248 e. The highest BCUT2D eigenvalue weighted by Crippen LogP contribution is 2.16. The van der Waals surface area contributed by atoms with Gasteiger partial charge in [-0.3, -0.25) is 19.3 Å². The van der Waals surface area contributed by atoms with Crippen molar-refractivity contribution in [3.8, 4) is 0 Å². The molecule has 1 aliphatic heterocycles. The number of primary amides is 1. The van der Waals surface area contributed by atoms with Gasteiger partial charge in [-0.2, -0.15) is 5.10 Å². The van der Waals surface area contributed by atoms with Gasteiger partial charge in [-0.1, -0.05) is 12.1 Å². The van der Waals surface area contributed by atoms with Gasteiger partial charge in [0.2, 0.25) is 11.8 Å². The fourth-order valence-corrected chi connectivity index (χ4v) is 3.02. The summed E-state index contributed by atoms with van der Waals surface area (Å²) in [7, 11) is 3.50. The van der Waals surface area contributed by atoms with Crippen LogP contribution in [0.3, 0.4) is 0 Å². The van der Waals surface area contributed by atoms with Gasteiger partial charge < -0.3 is 20.9 Å². The van der Waals surface area contributed by atoms with Gasteiger partial charge in [-0.25, -0.2) is 0 Å². The summed E-state index contributed by atoms with van der Waals surface area (Å²) < 4.78 is 1.68. The minimum absolute atomic E-state index is 0. The number of benzene rings is 1. The fraction of sp³-hybridized carbons (Fsp3) is 0.333. The fourth-order valence-electron chi connectivity index (χ4n) is 3.02. The topological polar surface area (TPSA) is 109 Å². The summed E-state index contributed by atoms with van der Waals surface area (Å²) in [4.78, 5) is 31.8. The number of nitrogens with zero attached hydrogens (tertiary/aromatic N) is 5. The third-order valence-electron chi connectivity index (χ3n) is 4.40. The number of rotatable bonds is 4. The number of piperazine rings is 1. The van der Waals surface area contributed by atoms with Gasteiger partial charge in [-0.05, 0) is 17.7 Å². The molecule has 2 aromatic rings. The Labute approximate surface area is 180 Å². The summed E-state index contributed by atoms with van der Waals surface area (Å²) in [6.45, 7) is 1.92. The van der Waals surface area contributed by atoms with Gasteiger partial charge in [0.1, 0.15) is 6.54 Å². The third-order valence-corrected chi connectivity index (χ3v) is 4.40. The third kappa shape index (κ3) is 5.00. The van der Waals surface area contributed by atoms with E-state index < -0.39 is 5.91 Å². The summed E-state index contributed by atoms with van der Waals surface area (Å²) >= 11 is 0. The molecule has 150 valence electrons. The molecule has 10 heteroatoms. The van der Waals surface area contributed by atoms with Crippen LogP contribution in [0, 0.1) is 0 Å². The molecule has 3 N–H and O–H groups in total. The van der Waals surface area contributed by atoms with Crippen LogP contribution < -0.4 is 16.0 Å². The molecule has 0 bridgehead atoms. The lowest BCUT2D eigenvalue weighted by atomic mass is 10.1. The van der Waals surface area contributed by atoms with E-state index in [2.05, 4.69) is 15.4 Å². The molecule has 0 unspecified atom stereocenters. The van der Waals surface area contributed by atoms with Gasteiger partial charge in [0.05, 0.1) is 11.9 Å². The number of halogens is 1. The molecule has 0 aliphatic carbocycles. The second kappa shape index (κ2) is 9.53. The predicted octanol–water partition coefficient (Wildman–Crippen LogP) is 0.561. The second-order valence-corrected chi connectivity index (χ2v) is 6.30. The molecule has 0 spiro atoms. The summed E-state index contributed by atoms with van der Waals surface area (Å²) in [6.07, 6.45) is 3.51. The standard InChI is InChI=1S/C18H23N7O2.HI/c1-20-18(21-9-13-4-3-5-14(8-13)17(19)27)24-6-7-25(16(26)12-24)15-10-22-23(2)11-15;/h3-5,8,10-11H,6-7,9,12H2,1-2H3,(H2,19,27)(H,20,21);1H. The molecule has 1 saturated heterocycles. The Morgan fingerprint density at radius 1 is 1.36 bits per heavy atom. The lowest BCUT2D eigenvalue weighted by Gasteiger charge is -2.35. The van der Waals surface area contributed by atoms with Crippen molar-refractivity contribution in [1.82, 2.24) is 20.0 Å². The highest BCUT2D eigenvalue weighted by atomic mass is 127. The Morgan fingerprint density at radius 3 is 2.75 bits per heavy atom. The van der Waals surface area contributed by atoms with Gasteiger partial charge in [0.25, 0.3) is 0 Å². The van der Waals surface area contributed by atoms with Crippen molar-refractivity contribution in [2.45, 2.75) is 6.54 Å². The molecule has 9 nitrogen and oxygen atoms in total. The number of aromatic nitrogens is 2. The number of nitrogens with one attached hydrogen (secondary N) is 1. The number of aryl methyl sites for hydroxylation is 1. The van der Waals surface area contributed by atoms with Crippen LogP contribution in [0.2, 0.25) is 0 Å². The Balaban J connectivity index is 0.00000280. The number of hydrogen-bond acceptors (Lipinski definition) is 4. The Morgan fingerprint density at radius 2 is 2.14 bits per heavy atom. The molecule has 1 aromatic heterocycles. The van der Waals surface area contributed by atoms with E-state index >= 15 is 0 Å². The minimum atomic E-state index is -0.460. The van der Waals surface area contributed by atoms with E-state index in [0.717, 1.165) is 11.3 Å². The van der Waals surface area contributed by atoms with Crippen LogP contribution in [-0.4, -0.2) is 59.1 Å². The van der Waals surface area contributed by atoms with E-state index in [1.165, 1.54) is 0 Å². The van der Waals surface area contributed by atoms with Gasteiger partial charge in [-0.15, -0.1) is 24.0 Å². The maximum atomic E-state index is 12.5. The van der Waals surface area contributed by atoms with Crippen molar-refractivity contribution >= 4 is 47.4 Å². The summed E-state index contributed by atoms with van der Waals surface area (Å²) in [5.41, 5.74) is 7.49. The highest BCUT2D eigenvalue weighted by Gasteiger charge is 2.27. The minimum Gasteiger partial charge on any atom is -0.366 e. The van der Waals surface area contributed by atoms with E-state index in [1.54, 1.807) is 41.0 Å². The zero-order valence-corrected chi connectivity index (χ0v) is 18.2. The van der Waals surface area contributed by atoms with E-state index in [-0.39, 0.29) is 36.4 Å². The molecule has 2 amide bonds. The van der Waals surface area contributed by atoms with Crippen LogP contribution in [0.4, 0.5) is 5.69 Å². The molecule has 1 fully saturated rings. The highest BCUT2D eigenvalue weighted by molar-refractivity contribution is 14.0. The van der Waals surface area contributed by atoms with Crippen molar-refractivity contribution in [2.24, 2.45) is 17.8 Å². The summed E-state index contributed by atoms with van der Waals surface area (Å²) in [6, 6.07) is 7.11. The SMILES string of the molecule is CN=C(NCc1cccc(C(N)=O)c1)N1CCN(c2cnn(C)c2)C(=O)C1.I. The van der Waals surface area contributed by atoms with Crippen LogP contribution in [0.1, 0.15) is 15.9 Å². The normalized spacial score (nSPS) is 14.6. The molecule has 0 radical (unpaired) electrons. The zero-order valence-electron chi connectivity index (χ0n) is 15.8. The average Bonchev–Trinajstić information content (AvgIpc) is 3.08. The Kier molecular flexibility index (Phi) is 7.38. The first-order valence-corrected chi connectivity index (χ1v) is 8.61. The molecule has 1 aromatic carbocycles. The maximum absolute atomic E-state index is 12.5. The van der Waals surface area contributed by atoms with Crippen LogP contribution in [0.25, 0.3) is 0 Å². The van der Waals surface area contributed by atoms with Crippen molar-refractivity contribution in [2.75, 3.05) is 31.6 Å². The first-order valence-electron chi connectivity index (χ1n) is 8.61. The van der Waals surface area contributed by atoms with Crippen molar-refractivity contribution in [3.05, 3.63) is 47.8 Å². The zero-order chi connectivity index (χ0) is 19.4. The number of guanidine groups is 1. The van der Waals surface area contributed by atoms with E-state index in [1.807, 2.05) is 24.2 Å². The summed E-state index contributed by atoms with van der Waals surface area (Å²) in [5, 5.41) is 7.36. The lowest BCUT2D eigenvalue weighted by Crippen LogP contribution is -2.55. The van der Waals surface area contributed by atoms with Crippen molar-refractivity contribution in [1.29, 1.82) is 0 Å². The molecule has 28 heavy (non-hydrogen) atoms. The number of hydrogen-bond donors (Lipinski definition) is 2. The maximum Gasteiger partial charge on any atom is 0.248 e. The molecule has 0 atom stereocenters. The van der Waals surface area contributed by atoms with Gasteiger partial charge in [0.15, 0.2) is 5.96 Å². The van der Waals surface area contributed by atoms with Crippen molar-refractivity contribution < 1.29 is 9.59 Å². The van der Waals surface area contributed by atoms with Crippen LogP contribution >= 0.6 is 24.0 Å². The number of carbonyl (C=O) groups is 2.